The molecule has 3 nitrogen and oxygen atoms in total. The third-order valence-corrected chi connectivity index (χ3v) is 5.53. The molecule has 0 heterocycles. The molecule has 2 aromatic rings. The van der Waals surface area contributed by atoms with Gasteiger partial charge in [-0.2, -0.15) is 0 Å². The molecule has 2 aromatic carbocycles. The van der Waals surface area contributed by atoms with Crippen molar-refractivity contribution in [3.05, 3.63) is 65.2 Å². The van der Waals surface area contributed by atoms with Gasteiger partial charge in [-0.3, -0.25) is 0 Å². The highest BCUT2D eigenvalue weighted by atomic mass is 32.2. The van der Waals surface area contributed by atoms with E-state index in [1.807, 2.05) is 38.1 Å². The van der Waals surface area contributed by atoms with Gasteiger partial charge in [0.15, 0.2) is 0 Å². The molecule has 0 bridgehead atoms. The highest BCUT2D eigenvalue weighted by molar-refractivity contribution is 7.89. The van der Waals surface area contributed by atoms with Crippen LogP contribution in [0.15, 0.2) is 53.4 Å². The van der Waals surface area contributed by atoms with Gasteiger partial charge in [0, 0.05) is 6.04 Å². The molecule has 23 heavy (non-hydrogen) atoms. The Balaban J connectivity index is 2.22. The van der Waals surface area contributed by atoms with E-state index in [2.05, 4.69) is 30.7 Å². The van der Waals surface area contributed by atoms with E-state index in [4.69, 9.17) is 0 Å². The Labute approximate surface area is 139 Å². The molecule has 0 radical (unpaired) electrons. The monoisotopic (exact) mass is 331 g/mol. The summed E-state index contributed by atoms with van der Waals surface area (Å²) in [4.78, 5) is 0.306. The molecule has 1 unspecified atom stereocenters. The van der Waals surface area contributed by atoms with Crippen LogP contribution in [-0.2, 0) is 10.0 Å². The largest absolute Gasteiger partial charge is 0.241 e. The van der Waals surface area contributed by atoms with Crippen molar-refractivity contribution >= 4 is 10.0 Å². The van der Waals surface area contributed by atoms with E-state index in [9.17, 15) is 8.42 Å². The molecule has 124 valence electrons. The fourth-order valence-electron chi connectivity index (χ4n) is 2.47. The Morgan fingerprint density at radius 1 is 0.913 bits per heavy atom. The Kier molecular flexibility index (Phi) is 5.60. The van der Waals surface area contributed by atoms with Crippen LogP contribution in [0.1, 0.15) is 55.8 Å². The van der Waals surface area contributed by atoms with Crippen LogP contribution >= 0.6 is 0 Å². The minimum absolute atomic E-state index is 0.220. The van der Waals surface area contributed by atoms with Crippen molar-refractivity contribution in [3.8, 4) is 0 Å². The number of sulfonamides is 1. The maximum atomic E-state index is 12.6. The number of aryl methyl sites for hydroxylation is 1. The van der Waals surface area contributed by atoms with E-state index in [0.29, 0.717) is 17.2 Å². The minimum atomic E-state index is -3.51. The second-order valence-corrected chi connectivity index (χ2v) is 7.93. The topological polar surface area (TPSA) is 46.2 Å². The summed E-state index contributed by atoms with van der Waals surface area (Å²) in [5, 5.41) is 0. The average molecular weight is 331 g/mol. The van der Waals surface area contributed by atoms with Gasteiger partial charge in [-0.1, -0.05) is 62.7 Å². The van der Waals surface area contributed by atoms with Crippen molar-refractivity contribution in [1.82, 2.24) is 4.72 Å². The third kappa shape index (κ3) is 4.43. The highest BCUT2D eigenvalue weighted by Crippen LogP contribution is 2.23. The fraction of sp³-hybridized carbons (Fsp3) is 0.368. The zero-order chi connectivity index (χ0) is 17.0. The van der Waals surface area contributed by atoms with Crippen molar-refractivity contribution in [2.24, 2.45) is 0 Å². The van der Waals surface area contributed by atoms with Gasteiger partial charge in [0.05, 0.1) is 4.90 Å². The standard InChI is InChI=1S/C19H25NO2S/c1-5-19(17-10-8-16(9-11-17)14(2)3)20-23(21,22)18-12-6-15(4)7-13-18/h6-14,19-20H,5H2,1-4H3. The third-order valence-electron chi connectivity index (χ3n) is 4.04. The maximum absolute atomic E-state index is 12.6. The Bertz CT molecular complexity index is 732. The first-order valence-corrected chi connectivity index (χ1v) is 9.50. The maximum Gasteiger partial charge on any atom is 0.241 e. The zero-order valence-electron chi connectivity index (χ0n) is 14.2. The van der Waals surface area contributed by atoms with Crippen molar-refractivity contribution in [3.63, 3.8) is 0 Å². The molecule has 4 heteroatoms. The summed E-state index contributed by atoms with van der Waals surface area (Å²) in [6.07, 6.45) is 0.701. The molecule has 2 rings (SSSR count). The lowest BCUT2D eigenvalue weighted by Gasteiger charge is -2.18. The van der Waals surface area contributed by atoms with E-state index in [1.165, 1.54) is 5.56 Å². The number of hydrogen-bond acceptors (Lipinski definition) is 2. The molecular formula is C19H25NO2S. The van der Waals surface area contributed by atoms with Crippen LogP contribution in [0.4, 0.5) is 0 Å². The first kappa shape index (κ1) is 17.7. The van der Waals surface area contributed by atoms with Gasteiger partial charge in [0.1, 0.15) is 0 Å². The van der Waals surface area contributed by atoms with Crippen molar-refractivity contribution in [2.45, 2.75) is 51.0 Å². The molecule has 0 fully saturated rings. The van der Waals surface area contributed by atoms with E-state index < -0.39 is 10.0 Å². The van der Waals surface area contributed by atoms with Crippen molar-refractivity contribution in [2.75, 3.05) is 0 Å². The SMILES string of the molecule is CCC(NS(=O)(=O)c1ccc(C)cc1)c1ccc(C(C)C)cc1. The molecular weight excluding hydrogens is 306 g/mol. The first-order chi connectivity index (χ1) is 10.8. The van der Waals surface area contributed by atoms with E-state index in [1.54, 1.807) is 12.1 Å². The predicted molar refractivity (Wildman–Crippen MR) is 95.1 cm³/mol. The normalized spacial score (nSPS) is 13.3. The molecule has 0 aliphatic rings. The number of nitrogens with one attached hydrogen (secondary N) is 1. The van der Waals surface area contributed by atoms with Gasteiger partial charge < -0.3 is 0 Å². The number of benzene rings is 2. The van der Waals surface area contributed by atoms with E-state index in [0.717, 1.165) is 11.1 Å². The van der Waals surface area contributed by atoms with Gasteiger partial charge in [-0.25, -0.2) is 13.1 Å². The van der Waals surface area contributed by atoms with Crippen molar-refractivity contribution < 1.29 is 8.42 Å². The molecule has 0 aromatic heterocycles. The summed E-state index contributed by atoms with van der Waals surface area (Å²) in [5.74, 6) is 0.466. The van der Waals surface area contributed by atoms with Crippen LogP contribution in [0.2, 0.25) is 0 Å². The molecule has 0 amide bonds. The molecule has 0 aliphatic heterocycles. The fourth-order valence-corrected chi connectivity index (χ4v) is 3.78. The first-order valence-electron chi connectivity index (χ1n) is 8.02. The molecule has 0 spiro atoms. The predicted octanol–water partition coefficient (Wildman–Crippen LogP) is 4.55. The van der Waals surface area contributed by atoms with E-state index >= 15 is 0 Å². The van der Waals surface area contributed by atoms with Gasteiger partial charge >= 0.3 is 0 Å². The lowest BCUT2D eigenvalue weighted by Crippen LogP contribution is -2.28. The summed E-state index contributed by atoms with van der Waals surface area (Å²) in [6.45, 7) is 8.21. The smallest absolute Gasteiger partial charge is 0.207 e. The molecule has 1 N–H and O–H groups in total. The van der Waals surface area contributed by atoms with Gasteiger partial charge in [0.2, 0.25) is 10.0 Å². The molecule has 1 atom stereocenters. The second-order valence-electron chi connectivity index (χ2n) is 6.22. The van der Waals surface area contributed by atoms with Gasteiger partial charge in [-0.15, -0.1) is 0 Å². The Morgan fingerprint density at radius 2 is 1.43 bits per heavy atom. The van der Waals surface area contributed by atoms with Crippen LogP contribution in [0.3, 0.4) is 0 Å². The van der Waals surface area contributed by atoms with Crippen LogP contribution in [0.25, 0.3) is 0 Å². The summed E-state index contributed by atoms with van der Waals surface area (Å²) < 4.78 is 27.9. The van der Waals surface area contributed by atoms with Gasteiger partial charge in [0.25, 0.3) is 0 Å². The molecule has 0 saturated carbocycles. The highest BCUT2D eigenvalue weighted by Gasteiger charge is 2.20. The summed E-state index contributed by atoms with van der Waals surface area (Å²) in [7, 11) is -3.51. The molecule has 0 saturated heterocycles. The number of rotatable bonds is 6. The lowest BCUT2D eigenvalue weighted by atomic mass is 9.98. The van der Waals surface area contributed by atoms with Crippen LogP contribution in [0.5, 0.6) is 0 Å². The second kappa shape index (κ2) is 7.28. The van der Waals surface area contributed by atoms with Crippen molar-refractivity contribution in [1.29, 1.82) is 0 Å². The zero-order valence-corrected chi connectivity index (χ0v) is 15.0. The Hall–Kier alpha value is -1.65. The Morgan fingerprint density at radius 3 is 1.91 bits per heavy atom. The molecule has 0 aliphatic carbocycles. The average Bonchev–Trinajstić information content (AvgIpc) is 2.53. The minimum Gasteiger partial charge on any atom is -0.207 e. The summed E-state index contributed by atoms with van der Waals surface area (Å²) in [6, 6.07) is 14.9. The van der Waals surface area contributed by atoms with E-state index in [-0.39, 0.29) is 6.04 Å². The van der Waals surface area contributed by atoms with Crippen LogP contribution in [0, 0.1) is 6.92 Å². The summed E-state index contributed by atoms with van der Waals surface area (Å²) in [5.41, 5.74) is 3.29. The summed E-state index contributed by atoms with van der Waals surface area (Å²) >= 11 is 0. The van der Waals surface area contributed by atoms with Crippen LogP contribution < -0.4 is 4.72 Å². The quantitative estimate of drug-likeness (QED) is 0.844. The van der Waals surface area contributed by atoms with Gasteiger partial charge in [-0.05, 0) is 42.5 Å². The number of hydrogen-bond donors (Lipinski definition) is 1. The van der Waals surface area contributed by atoms with Crippen LogP contribution in [-0.4, -0.2) is 8.42 Å². The lowest BCUT2D eigenvalue weighted by molar-refractivity contribution is 0.550.